The van der Waals surface area contributed by atoms with Crippen molar-refractivity contribution in [3.8, 4) is 5.75 Å². The van der Waals surface area contributed by atoms with Crippen LogP contribution in [0.3, 0.4) is 0 Å². The standard InChI is InChI=1S/C22H36N4O4.C2H6/c1-7-17(15-23-4)26(6)22(29)18-14-19(20(13-16(18)3)30-12-11-27)25(5)10-9-24-21(28)8-2;1-2/h11,13-14,17,23H,7-10,12,15H2,1-6H3,(H,24,28);1-2H3. The number of carbonyl (C=O) groups excluding carboxylic acids is 3. The summed E-state index contributed by atoms with van der Waals surface area (Å²) in [5.41, 5.74) is 2.07. The lowest BCUT2D eigenvalue weighted by atomic mass is 10.0. The fourth-order valence-corrected chi connectivity index (χ4v) is 3.19. The monoisotopic (exact) mass is 450 g/mol. The number of likely N-dealkylation sites (N-methyl/N-ethyl adjacent to an activating group) is 3. The molecular weight excluding hydrogens is 408 g/mol. The largest absolute Gasteiger partial charge is 0.484 e. The molecule has 32 heavy (non-hydrogen) atoms. The van der Waals surface area contributed by atoms with Crippen molar-refractivity contribution in [2.75, 3.05) is 52.3 Å². The third-order valence-corrected chi connectivity index (χ3v) is 5.12. The Hall–Kier alpha value is -2.61. The van der Waals surface area contributed by atoms with Gasteiger partial charge in [-0.15, -0.1) is 0 Å². The molecule has 0 saturated carbocycles. The van der Waals surface area contributed by atoms with Gasteiger partial charge in [-0.1, -0.05) is 27.7 Å². The van der Waals surface area contributed by atoms with Crippen LogP contribution in [0.2, 0.25) is 0 Å². The van der Waals surface area contributed by atoms with E-state index in [9.17, 15) is 14.4 Å². The zero-order chi connectivity index (χ0) is 24.7. The topological polar surface area (TPSA) is 91.0 Å². The van der Waals surface area contributed by atoms with E-state index >= 15 is 0 Å². The van der Waals surface area contributed by atoms with Crippen LogP contribution in [0.4, 0.5) is 5.69 Å². The molecule has 8 nitrogen and oxygen atoms in total. The Morgan fingerprint density at radius 1 is 1.19 bits per heavy atom. The number of aryl methyl sites for hydroxylation is 1. The number of benzene rings is 1. The van der Waals surface area contributed by atoms with Gasteiger partial charge in [0.1, 0.15) is 12.4 Å². The third-order valence-electron chi connectivity index (χ3n) is 5.12. The smallest absolute Gasteiger partial charge is 0.254 e. The third kappa shape index (κ3) is 8.86. The van der Waals surface area contributed by atoms with Crippen LogP contribution < -0.4 is 20.3 Å². The summed E-state index contributed by atoms with van der Waals surface area (Å²) in [5, 5.41) is 5.97. The molecule has 1 unspecified atom stereocenters. The minimum absolute atomic E-state index is 0.0163. The number of carbonyl (C=O) groups is 3. The highest BCUT2D eigenvalue weighted by Gasteiger charge is 2.23. The summed E-state index contributed by atoms with van der Waals surface area (Å²) >= 11 is 0. The summed E-state index contributed by atoms with van der Waals surface area (Å²) in [6.45, 7) is 11.4. The predicted octanol–water partition coefficient (Wildman–Crippen LogP) is 2.63. The van der Waals surface area contributed by atoms with E-state index in [-0.39, 0.29) is 24.5 Å². The van der Waals surface area contributed by atoms with Crippen LogP contribution in [0.25, 0.3) is 0 Å². The van der Waals surface area contributed by atoms with Crippen molar-refractivity contribution >= 4 is 23.8 Å². The van der Waals surface area contributed by atoms with Gasteiger partial charge < -0.3 is 25.2 Å². The summed E-state index contributed by atoms with van der Waals surface area (Å²) in [5.74, 6) is 0.452. The molecule has 182 valence electrons. The van der Waals surface area contributed by atoms with E-state index in [1.54, 1.807) is 17.9 Å². The number of nitrogens with zero attached hydrogens (tertiary/aromatic N) is 2. The van der Waals surface area contributed by atoms with Gasteiger partial charge in [0.2, 0.25) is 5.91 Å². The highest BCUT2D eigenvalue weighted by molar-refractivity contribution is 5.97. The molecule has 0 aliphatic heterocycles. The number of hydrogen-bond donors (Lipinski definition) is 2. The number of aldehydes is 1. The number of ether oxygens (including phenoxy) is 1. The predicted molar refractivity (Wildman–Crippen MR) is 131 cm³/mol. The first kappa shape index (κ1) is 29.4. The van der Waals surface area contributed by atoms with Gasteiger partial charge in [0.25, 0.3) is 5.91 Å². The normalized spacial score (nSPS) is 11.0. The van der Waals surface area contributed by atoms with Crippen LogP contribution in [0, 0.1) is 6.92 Å². The molecule has 1 atom stereocenters. The molecule has 0 fully saturated rings. The molecule has 0 spiro atoms. The Morgan fingerprint density at radius 2 is 1.84 bits per heavy atom. The first-order chi connectivity index (χ1) is 15.3. The number of anilines is 1. The average molecular weight is 451 g/mol. The maximum atomic E-state index is 13.2. The fraction of sp³-hybridized carbons (Fsp3) is 0.625. The molecule has 0 saturated heterocycles. The summed E-state index contributed by atoms with van der Waals surface area (Å²) in [6, 6.07) is 3.68. The van der Waals surface area contributed by atoms with Crippen molar-refractivity contribution in [2.45, 2.75) is 53.5 Å². The second kappa shape index (κ2) is 16.1. The molecule has 1 aromatic carbocycles. The van der Waals surface area contributed by atoms with Gasteiger partial charge in [0.15, 0.2) is 6.29 Å². The molecule has 1 aromatic rings. The Labute approximate surface area is 193 Å². The number of rotatable bonds is 13. The van der Waals surface area contributed by atoms with E-state index in [1.807, 2.05) is 52.9 Å². The summed E-state index contributed by atoms with van der Waals surface area (Å²) < 4.78 is 5.61. The first-order valence-electron chi connectivity index (χ1n) is 11.4. The summed E-state index contributed by atoms with van der Waals surface area (Å²) in [7, 11) is 5.55. The Balaban J connectivity index is 0.00000466. The van der Waals surface area contributed by atoms with Crippen LogP contribution in [0.15, 0.2) is 12.1 Å². The van der Waals surface area contributed by atoms with Crippen LogP contribution in [-0.2, 0) is 9.59 Å². The molecular formula is C24H42N4O4. The van der Waals surface area contributed by atoms with Gasteiger partial charge in [0, 0.05) is 51.8 Å². The Morgan fingerprint density at radius 3 is 2.38 bits per heavy atom. The second-order valence-electron chi connectivity index (χ2n) is 7.27. The van der Waals surface area contributed by atoms with Crippen LogP contribution in [-0.4, -0.2) is 76.4 Å². The van der Waals surface area contributed by atoms with Gasteiger partial charge in [0.05, 0.1) is 5.69 Å². The molecule has 0 bridgehead atoms. The van der Waals surface area contributed by atoms with Gasteiger partial charge >= 0.3 is 0 Å². The zero-order valence-electron chi connectivity index (χ0n) is 21.1. The summed E-state index contributed by atoms with van der Waals surface area (Å²) in [6.07, 6.45) is 1.96. The van der Waals surface area contributed by atoms with Crippen molar-refractivity contribution < 1.29 is 19.1 Å². The zero-order valence-corrected chi connectivity index (χ0v) is 21.1. The van der Waals surface area contributed by atoms with Crippen molar-refractivity contribution in [3.05, 3.63) is 23.3 Å². The van der Waals surface area contributed by atoms with E-state index in [0.717, 1.165) is 12.0 Å². The molecule has 0 aromatic heterocycles. The van der Waals surface area contributed by atoms with Crippen LogP contribution in [0.5, 0.6) is 5.75 Å². The maximum Gasteiger partial charge on any atom is 0.254 e. The van der Waals surface area contributed by atoms with E-state index in [1.165, 1.54) is 0 Å². The summed E-state index contributed by atoms with van der Waals surface area (Å²) in [4.78, 5) is 39.2. The number of hydrogen-bond acceptors (Lipinski definition) is 6. The van der Waals surface area contributed by atoms with Gasteiger partial charge in [-0.05, 0) is 38.1 Å². The fourth-order valence-electron chi connectivity index (χ4n) is 3.19. The lowest BCUT2D eigenvalue weighted by Crippen LogP contribution is -2.42. The van der Waals surface area contributed by atoms with E-state index in [0.29, 0.717) is 49.3 Å². The van der Waals surface area contributed by atoms with E-state index < -0.39 is 0 Å². The lowest BCUT2D eigenvalue weighted by molar-refractivity contribution is -0.120. The van der Waals surface area contributed by atoms with E-state index in [4.69, 9.17) is 4.74 Å². The van der Waals surface area contributed by atoms with Crippen molar-refractivity contribution in [3.63, 3.8) is 0 Å². The molecule has 1 rings (SSSR count). The Bertz CT molecular complexity index is 724. The van der Waals surface area contributed by atoms with Gasteiger partial charge in [-0.25, -0.2) is 0 Å². The SMILES string of the molecule is CC.CCC(=O)NCCN(C)c1cc(C(=O)N(C)C(CC)CNC)c(C)cc1OCC=O. The Kier molecular flexibility index (Phi) is 14.8. The van der Waals surface area contributed by atoms with Gasteiger partial charge in [-0.3, -0.25) is 14.4 Å². The number of amides is 2. The maximum absolute atomic E-state index is 13.2. The highest BCUT2D eigenvalue weighted by Crippen LogP contribution is 2.32. The lowest BCUT2D eigenvalue weighted by Gasteiger charge is -2.29. The molecule has 2 amide bonds. The quantitative estimate of drug-likeness (QED) is 0.449. The molecule has 0 radical (unpaired) electrons. The average Bonchev–Trinajstić information content (AvgIpc) is 2.81. The minimum Gasteiger partial charge on any atom is -0.484 e. The van der Waals surface area contributed by atoms with E-state index in [2.05, 4.69) is 17.6 Å². The van der Waals surface area contributed by atoms with Gasteiger partial charge in [-0.2, -0.15) is 0 Å². The molecule has 0 heterocycles. The molecule has 0 aliphatic carbocycles. The molecule has 0 aliphatic rings. The highest BCUT2D eigenvalue weighted by atomic mass is 16.5. The second-order valence-corrected chi connectivity index (χ2v) is 7.27. The van der Waals surface area contributed by atoms with Crippen LogP contribution >= 0.6 is 0 Å². The van der Waals surface area contributed by atoms with Crippen molar-refractivity contribution in [1.82, 2.24) is 15.5 Å². The van der Waals surface area contributed by atoms with Crippen molar-refractivity contribution in [1.29, 1.82) is 0 Å². The van der Waals surface area contributed by atoms with Crippen molar-refractivity contribution in [2.24, 2.45) is 0 Å². The van der Waals surface area contributed by atoms with Crippen LogP contribution in [0.1, 0.15) is 56.5 Å². The number of nitrogens with one attached hydrogen (secondary N) is 2. The molecule has 8 heteroatoms. The first-order valence-corrected chi connectivity index (χ1v) is 11.4. The minimum atomic E-state index is -0.0693. The molecule has 2 N–H and O–H groups in total.